The van der Waals surface area contributed by atoms with Crippen LogP contribution in [-0.2, 0) is 4.79 Å². The van der Waals surface area contributed by atoms with Gasteiger partial charge in [0.2, 0.25) is 0 Å². The molecule has 2 rings (SSSR count). The maximum Gasteiger partial charge on any atom is 0.277 e. The molecule has 0 aliphatic rings. The van der Waals surface area contributed by atoms with E-state index in [1.54, 1.807) is 18.3 Å². The van der Waals surface area contributed by atoms with Crippen LogP contribution in [-0.4, -0.2) is 18.7 Å². The zero-order valence-electron chi connectivity index (χ0n) is 11.2. The van der Waals surface area contributed by atoms with E-state index in [0.29, 0.717) is 5.75 Å². The van der Waals surface area contributed by atoms with E-state index >= 15 is 0 Å². The third-order valence-electron chi connectivity index (χ3n) is 2.69. The number of carbonyl (C=O) groups excluding carboxylic acids is 1. The predicted molar refractivity (Wildman–Crippen MR) is 78.9 cm³/mol. The maximum absolute atomic E-state index is 11.5. The van der Waals surface area contributed by atoms with Gasteiger partial charge in [0, 0.05) is 0 Å². The van der Waals surface area contributed by atoms with E-state index in [1.807, 2.05) is 49.4 Å². The molecule has 102 valence electrons. The van der Waals surface area contributed by atoms with Crippen molar-refractivity contribution in [3.05, 3.63) is 65.7 Å². The van der Waals surface area contributed by atoms with Gasteiger partial charge in [0.1, 0.15) is 5.75 Å². The summed E-state index contributed by atoms with van der Waals surface area (Å²) < 4.78 is 5.31. The van der Waals surface area contributed by atoms with Crippen molar-refractivity contribution < 1.29 is 9.53 Å². The lowest BCUT2D eigenvalue weighted by Gasteiger charge is -2.04. The molecule has 0 heterocycles. The number of hydrogen-bond donors (Lipinski definition) is 1. The number of carbonyl (C=O) groups is 1. The van der Waals surface area contributed by atoms with Gasteiger partial charge in [0.15, 0.2) is 6.61 Å². The fraction of sp³-hybridized carbons (Fsp3) is 0.125. The molecule has 0 saturated heterocycles. The topological polar surface area (TPSA) is 50.7 Å². The molecule has 1 N–H and O–H groups in total. The summed E-state index contributed by atoms with van der Waals surface area (Å²) in [6.45, 7) is 1.93. The normalized spacial score (nSPS) is 10.4. The number of ether oxygens (including phenoxy) is 1. The van der Waals surface area contributed by atoms with Crippen LogP contribution >= 0.6 is 0 Å². The number of nitrogens with one attached hydrogen (secondary N) is 1. The molecule has 0 spiro atoms. The Kier molecular flexibility index (Phi) is 4.89. The third kappa shape index (κ3) is 4.24. The monoisotopic (exact) mass is 268 g/mol. The molecule has 2 aromatic rings. The van der Waals surface area contributed by atoms with Crippen LogP contribution in [0.3, 0.4) is 0 Å². The van der Waals surface area contributed by atoms with Crippen molar-refractivity contribution in [1.29, 1.82) is 0 Å². The van der Waals surface area contributed by atoms with Crippen molar-refractivity contribution in [3.8, 4) is 5.75 Å². The number of benzene rings is 2. The SMILES string of the molecule is Cc1ccccc1/C=N\NC(=O)COc1ccccc1. The van der Waals surface area contributed by atoms with Gasteiger partial charge in [0.25, 0.3) is 5.91 Å². The summed E-state index contributed by atoms with van der Waals surface area (Å²) in [5.74, 6) is 0.365. The molecule has 2 aromatic carbocycles. The standard InChI is InChI=1S/C16H16N2O2/c1-13-7-5-6-8-14(13)11-17-18-16(19)12-20-15-9-3-2-4-10-15/h2-11H,12H2,1H3,(H,18,19)/b17-11-. The molecule has 0 atom stereocenters. The highest BCUT2D eigenvalue weighted by molar-refractivity contribution is 5.84. The van der Waals surface area contributed by atoms with Crippen molar-refractivity contribution in [2.24, 2.45) is 5.10 Å². The molecule has 4 nitrogen and oxygen atoms in total. The smallest absolute Gasteiger partial charge is 0.277 e. The molecule has 0 radical (unpaired) electrons. The van der Waals surface area contributed by atoms with Gasteiger partial charge in [-0.2, -0.15) is 5.10 Å². The second kappa shape index (κ2) is 7.09. The summed E-state index contributed by atoms with van der Waals surface area (Å²) >= 11 is 0. The highest BCUT2D eigenvalue weighted by atomic mass is 16.5. The van der Waals surface area contributed by atoms with Gasteiger partial charge in [-0.15, -0.1) is 0 Å². The lowest BCUT2D eigenvalue weighted by Crippen LogP contribution is -2.24. The zero-order valence-corrected chi connectivity index (χ0v) is 11.2. The second-order valence-electron chi connectivity index (χ2n) is 4.25. The van der Waals surface area contributed by atoms with Gasteiger partial charge < -0.3 is 4.74 Å². The Hall–Kier alpha value is -2.62. The lowest BCUT2D eigenvalue weighted by atomic mass is 10.1. The van der Waals surface area contributed by atoms with E-state index in [0.717, 1.165) is 11.1 Å². The molecule has 0 aromatic heterocycles. The molecule has 0 saturated carbocycles. The van der Waals surface area contributed by atoms with Crippen LogP contribution < -0.4 is 10.2 Å². The van der Waals surface area contributed by atoms with Gasteiger partial charge in [-0.05, 0) is 30.2 Å². The minimum absolute atomic E-state index is 0.0604. The molecule has 0 unspecified atom stereocenters. The fourth-order valence-corrected chi connectivity index (χ4v) is 1.60. The molecule has 0 aliphatic heterocycles. The molecule has 1 amide bonds. The predicted octanol–water partition coefficient (Wildman–Crippen LogP) is 2.52. The Morgan fingerprint density at radius 2 is 1.85 bits per heavy atom. The molecule has 0 aliphatic carbocycles. The van der Waals surface area contributed by atoms with Crippen molar-refractivity contribution in [3.63, 3.8) is 0 Å². The first kappa shape index (κ1) is 13.8. The van der Waals surface area contributed by atoms with E-state index in [-0.39, 0.29) is 12.5 Å². The van der Waals surface area contributed by atoms with E-state index in [4.69, 9.17) is 4.74 Å². The van der Waals surface area contributed by atoms with E-state index in [1.165, 1.54) is 0 Å². The number of amides is 1. The van der Waals surface area contributed by atoms with Crippen LogP contribution in [0, 0.1) is 6.92 Å². The minimum Gasteiger partial charge on any atom is -0.484 e. The molecule has 20 heavy (non-hydrogen) atoms. The zero-order chi connectivity index (χ0) is 14.2. The fourth-order valence-electron chi connectivity index (χ4n) is 1.60. The largest absolute Gasteiger partial charge is 0.484 e. The quantitative estimate of drug-likeness (QED) is 0.669. The number of hydrogen-bond acceptors (Lipinski definition) is 3. The second-order valence-corrected chi connectivity index (χ2v) is 4.25. The summed E-state index contributed by atoms with van der Waals surface area (Å²) in [5.41, 5.74) is 4.51. The maximum atomic E-state index is 11.5. The first-order valence-corrected chi connectivity index (χ1v) is 6.31. The summed E-state index contributed by atoms with van der Waals surface area (Å²) in [7, 11) is 0. The summed E-state index contributed by atoms with van der Waals surface area (Å²) in [4.78, 5) is 11.5. The Bertz CT molecular complexity index is 594. The van der Waals surface area contributed by atoms with E-state index < -0.39 is 0 Å². The van der Waals surface area contributed by atoms with Gasteiger partial charge in [0.05, 0.1) is 6.21 Å². The summed E-state index contributed by atoms with van der Waals surface area (Å²) in [6, 6.07) is 17.0. The first-order valence-electron chi connectivity index (χ1n) is 6.31. The average molecular weight is 268 g/mol. The summed E-state index contributed by atoms with van der Waals surface area (Å²) in [5, 5.41) is 3.91. The highest BCUT2D eigenvalue weighted by Gasteiger charge is 2.00. The van der Waals surface area contributed by atoms with Gasteiger partial charge in [-0.1, -0.05) is 42.5 Å². The van der Waals surface area contributed by atoms with E-state index in [9.17, 15) is 4.79 Å². The van der Waals surface area contributed by atoms with Crippen LogP contribution in [0.4, 0.5) is 0 Å². The molecular formula is C16H16N2O2. The van der Waals surface area contributed by atoms with Crippen molar-refractivity contribution in [1.82, 2.24) is 5.43 Å². The number of hydrazone groups is 1. The van der Waals surface area contributed by atoms with Crippen molar-refractivity contribution >= 4 is 12.1 Å². The number of para-hydroxylation sites is 1. The molecular weight excluding hydrogens is 252 g/mol. The van der Waals surface area contributed by atoms with Crippen LogP contribution in [0.1, 0.15) is 11.1 Å². The Morgan fingerprint density at radius 3 is 2.60 bits per heavy atom. The van der Waals surface area contributed by atoms with Crippen molar-refractivity contribution in [2.45, 2.75) is 6.92 Å². The van der Waals surface area contributed by atoms with Gasteiger partial charge in [-0.3, -0.25) is 4.79 Å². The Labute approximate surface area is 118 Å². The Balaban J connectivity index is 1.79. The first-order chi connectivity index (χ1) is 9.75. The summed E-state index contributed by atoms with van der Waals surface area (Å²) in [6.07, 6.45) is 1.62. The minimum atomic E-state index is -0.293. The average Bonchev–Trinajstić information content (AvgIpc) is 2.48. The Morgan fingerprint density at radius 1 is 1.15 bits per heavy atom. The molecule has 0 bridgehead atoms. The number of aryl methyl sites for hydroxylation is 1. The van der Waals surface area contributed by atoms with E-state index in [2.05, 4.69) is 10.5 Å². The number of nitrogens with zero attached hydrogens (tertiary/aromatic N) is 1. The number of rotatable bonds is 5. The van der Waals surface area contributed by atoms with Crippen LogP contribution in [0.25, 0.3) is 0 Å². The van der Waals surface area contributed by atoms with Crippen LogP contribution in [0.5, 0.6) is 5.75 Å². The van der Waals surface area contributed by atoms with Crippen LogP contribution in [0.2, 0.25) is 0 Å². The highest BCUT2D eigenvalue weighted by Crippen LogP contribution is 2.07. The van der Waals surface area contributed by atoms with Gasteiger partial charge >= 0.3 is 0 Å². The third-order valence-corrected chi connectivity index (χ3v) is 2.69. The van der Waals surface area contributed by atoms with Crippen LogP contribution in [0.15, 0.2) is 59.7 Å². The molecule has 0 fully saturated rings. The molecule has 4 heteroatoms. The van der Waals surface area contributed by atoms with Crippen molar-refractivity contribution in [2.75, 3.05) is 6.61 Å². The van der Waals surface area contributed by atoms with Gasteiger partial charge in [-0.25, -0.2) is 5.43 Å². The lowest BCUT2D eigenvalue weighted by molar-refractivity contribution is -0.123.